The number of fused-ring (bicyclic) bond motifs is 2. The third kappa shape index (κ3) is 23.9. The fourth-order valence-corrected chi connectivity index (χ4v) is 7.79. The molecule has 0 spiro atoms. The van der Waals surface area contributed by atoms with Crippen molar-refractivity contribution in [1.29, 1.82) is 0 Å². The molecule has 3 radical (unpaired) electrons. The van der Waals surface area contributed by atoms with Gasteiger partial charge in [-0.15, -0.1) is 0 Å². The quantitative estimate of drug-likeness (QED) is 0.0437. The zero-order valence-corrected chi connectivity index (χ0v) is 60.9. The van der Waals surface area contributed by atoms with Crippen LogP contribution in [0.5, 0.6) is 11.5 Å². The summed E-state index contributed by atoms with van der Waals surface area (Å²) in [5, 5.41) is 36.1. The molecule has 78 heavy (non-hydrogen) atoms. The number of hydrogen-bond donors (Lipinski definition) is 4. The maximum absolute atomic E-state index is 12.5. The molecule has 6 aromatic rings. The number of hydrogen-bond acceptors (Lipinski definition) is 17. The largest absolute Gasteiger partial charge is 1.00 e. The number of nitrogens with one attached hydrogen (secondary N) is 3. The number of ether oxygens (including phenoxy) is 6. The van der Waals surface area contributed by atoms with Crippen molar-refractivity contribution in [2.75, 3.05) is 53.3 Å². The van der Waals surface area contributed by atoms with Gasteiger partial charge in [-0.3, -0.25) is 29.0 Å². The molecule has 0 atom stereocenters. The molecule has 2 aromatic carbocycles. The molecule has 0 bridgehead atoms. The number of Topliss-reactive ketones (excluding diaryl/α,β-unsaturated/α-hetero) is 1. The van der Waals surface area contributed by atoms with Crippen molar-refractivity contribution in [1.82, 2.24) is 29.9 Å². The van der Waals surface area contributed by atoms with Gasteiger partial charge in [-0.1, -0.05) is 26.5 Å². The number of ketones is 1. The number of methoxy groups -OCH3 is 6. The van der Waals surface area contributed by atoms with Gasteiger partial charge in [0.05, 0.1) is 79.4 Å². The molecule has 0 unspecified atom stereocenters. The minimum Gasteiger partial charge on any atom is -1.00 e. The minimum atomic E-state index is -0.278. The number of pyridine rings is 2. The number of aromatic amines is 1. The number of H-pyrrole nitrogens is 1. The van der Waals surface area contributed by atoms with Crippen LogP contribution in [0.25, 0.3) is 21.8 Å². The van der Waals surface area contributed by atoms with Crippen LogP contribution in [0.1, 0.15) is 107 Å². The minimum absolute atomic E-state index is 0. The van der Waals surface area contributed by atoms with Gasteiger partial charge in [0.2, 0.25) is 0 Å². The Bertz CT molecular complexity index is 2730. The summed E-state index contributed by atoms with van der Waals surface area (Å²) in [6.45, 7) is 5.77. The van der Waals surface area contributed by atoms with E-state index in [1.165, 1.54) is 12.8 Å². The van der Waals surface area contributed by atoms with Crippen molar-refractivity contribution in [3.63, 3.8) is 0 Å². The molecular weight excluding hydrogens is 1260 g/mol. The number of anilines is 2. The molecule has 4 fully saturated rings. The standard InChI is InChI=1S/C20H22N4O3.C15H14N4O2.C6H12O.C5H10O2.C5H8O2.CH2O3.CH4.B.2Cs.Na.2H/c1-12-5-4-6-16(21-12)20(25)22-18-7-13-11-24(14-8-15(9-14)26-2)23-17(13)10-19(18)27-3;1-9-4-3-5-11(17-9)15(20)18-13-6-10-8-16-19-12(10)7-14(13)21-2;1-5-3-6(4-5)7-2;2*1-7-5-2-4(6)3-5;2-1-4-3;;;;;;;/h4-7,10-11,14-15H,8-9H2,1-3H3,(H,22,25);3-8H,1-2H3,(H,16,19)(H,18,20);5-6H,3-4H2,1-2H3;4-6H,2-3H2,1H3;5H,2-3H2,1H3;1,3H;1H4;;;;;;/q;;;;;;;;3*+1;2*-1/p-1. The van der Waals surface area contributed by atoms with Crippen LogP contribution in [0.3, 0.4) is 0 Å². The summed E-state index contributed by atoms with van der Waals surface area (Å²) >= 11 is 0. The summed E-state index contributed by atoms with van der Waals surface area (Å²) in [5.41, 5.74) is 5.18. The van der Waals surface area contributed by atoms with Crippen LogP contribution in [-0.2, 0) is 33.4 Å². The van der Waals surface area contributed by atoms with Gasteiger partial charge in [0.15, 0.2) is 0 Å². The number of amides is 2. The van der Waals surface area contributed by atoms with Gasteiger partial charge in [-0.05, 0) is 94.7 Å². The van der Waals surface area contributed by atoms with Gasteiger partial charge >= 0.3 is 167 Å². The number of benzene rings is 2. The number of aryl methyl sites for hydroxylation is 2. The molecule has 25 heteroatoms. The van der Waals surface area contributed by atoms with E-state index in [-0.39, 0.29) is 217 Å². The second-order valence-electron chi connectivity index (χ2n) is 17.9. The van der Waals surface area contributed by atoms with Crippen LogP contribution < -0.4 is 193 Å². The van der Waals surface area contributed by atoms with Crippen molar-refractivity contribution >= 4 is 65.7 Å². The number of nitrogens with zero attached hydrogens (tertiary/aromatic N) is 5. The first kappa shape index (κ1) is 76.3. The first-order valence-electron chi connectivity index (χ1n) is 23.8. The Labute approximate surface area is 601 Å². The fourth-order valence-electron chi connectivity index (χ4n) is 7.79. The number of aliphatic hydroxyl groups is 1. The molecule has 4 aliphatic rings. The third-order valence-electron chi connectivity index (χ3n) is 12.5. The second-order valence-corrected chi connectivity index (χ2v) is 17.9. The Morgan fingerprint density at radius 1 is 0.744 bits per heavy atom. The van der Waals surface area contributed by atoms with E-state index in [1.807, 2.05) is 61.1 Å². The maximum atomic E-state index is 12.5. The van der Waals surface area contributed by atoms with Crippen molar-refractivity contribution in [2.24, 2.45) is 5.92 Å². The summed E-state index contributed by atoms with van der Waals surface area (Å²) < 4.78 is 32.9. The van der Waals surface area contributed by atoms with Gasteiger partial charge in [-0.2, -0.15) is 10.2 Å². The molecule has 10 rings (SSSR count). The molecular formula is C53H73BCs2N8NaO13. The molecule has 0 aliphatic heterocycles. The molecule has 0 saturated heterocycles. The van der Waals surface area contributed by atoms with Gasteiger partial charge < -0.3 is 57.2 Å². The van der Waals surface area contributed by atoms with E-state index >= 15 is 0 Å². The molecule has 4 heterocycles. The smallest absolute Gasteiger partial charge is 1.00 e. The number of aliphatic hydroxyl groups excluding tert-OH is 1. The van der Waals surface area contributed by atoms with E-state index < -0.39 is 0 Å². The van der Waals surface area contributed by atoms with Crippen molar-refractivity contribution < 1.29 is 233 Å². The van der Waals surface area contributed by atoms with Crippen LogP contribution >= 0.6 is 0 Å². The van der Waals surface area contributed by atoms with Crippen molar-refractivity contribution in [3.05, 3.63) is 95.8 Å². The van der Waals surface area contributed by atoms with E-state index in [1.54, 1.807) is 73.1 Å². The topological polar surface area (TPSA) is 273 Å². The van der Waals surface area contributed by atoms with E-state index in [0.717, 1.165) is 64.8 Å². The Hall–Kier alpha value is -1.71. The summed E-state index contributed by atoms with van der Waals surface area (Å²) in [6, 6.07) is 18.4. The molecule has 2 amide bonds. The molecule has 4 saturated carbocycles. The Balaban J connectivity index is -0.000000988. The molecule has 4 aliphatic carbocycles. The van der Waals surface area contributed by atoms with Crippen LogP contribution in [0.15, 0.2) is 73.1 Å². The van der Waals surface area contributed by atoms with E-state index in [9.17, 15) is 14.4 Å². The Kier molecular flexibility index (Phi) is 38.8. The number of aromatic nitrogens is 6. The van der Waals surface area contributed by atoms with Crippen molar-refractivity contribution in [2.45, 2.75) is 116 Å². The summed E-state index contributed by atoms with van der Waals surface area (Å²) in [5.74, 6) is 1.83. The number of rotatable bonds is 12. The maximum Gasteiger partial charge on any atom is 1.00 e. The van der Waals surface area contributed by atoms with Gasteiger partial charge in [0.25, 0.3) is 18.3 Å². The number of carbonyl (C=O) groups is 4. The van der Waals surface area contributed by atoms with Crippen LogP contribution in [0.4, 0.5) is 11.4 Å². The summed E-state index contributed by atoms with van der Waals surface area (Å²) in [6.07, 6.45) is 12.5. The SMILES string of the molecule is C.COC1CC(=O)C1.COC1CC(C)C1.COC1CC(O)C1.COc1cc2[nH]ncc2cc1NC(=O)c1cccc(C)n1.COc1cc2nn(C3CC(OC)C3)cc2cc1NC(=O)c1cccc(C)n1.O=CO[O-].[B].[Cs+].[Cs+].[H-].[H-].[Na+]. The van der Waals surface area contributed by atoms with E-state index in [4.69, 9.17) is 43.6 Å². The van der Waals surface area contributed by atoms with Gasteiger partial charge in [0, 0.05) is 90.2 Å². The zero-order valence-electron chi connectivity index (χ0n) is 48.4. The predicted molar refractivity (Wildman–Crippen MR) is 284 cm³/mol. The first-order chi connectivity index (χ1) is 35.1. The van der Waals surface area contributed by atoms with E-state index in [2.05, 4.69) is 47.7 Å². The zero-order chi connectivity index (χ0) is 53.0. The van der Waals surface area contributed by atoms with E-state index in [0.29, 0.717) is 77.2 Å². The Morgan fingerprint density at radius 2 is 1.21 bits per heavy atom. The monoisotopic (exact) mass is 1330 g/mol. The normalized spacial score (nSPS) is 18.9. The fraction of sp³-hybridized carbons (Fsp3) is 0.472. The molecule has 4 N–H and O–H groups in total. The third-order valence-corrected chi connectivity index (χ3v) is 12.5. The van der Waals surface area contributed by atoms with Gasteiger partial charge in [0.1, 0.15) is 28.7 Å². The average Bonchev–Trinajstić information content (AvgIpc) is 3.99. The average molecular weight is 1330 g/mol. The molecule has 409 valence electrons. The van der Waals surface area contributed by atoms with Crippen LogP contribution in [-0.4, -0.2) is 141 Å². The van der Waals surface area contributed by atoms with Crippen LogP contribution in [0, 0.1) is 19.8 Å². The Morgan fingerprint density at radius 3 is 1.59 bits per heavy atom. The van der Waals surface area contributed by atoms with Crippen molar-refractivity contribution in [3.8, 4) is 11.5 Å². The first-order valence-corrected chi connectivity index (χ1v) is 23.8. The molecule has 21 nitrogen and oxygen atoms in total. The summed E-state index contributed by atoms with van der Waals surface area (Å²) in [4.78, 5) is 54.7. The second kappa shape index (κ2) is 39.7. The molecule has 4 aromatic heterocycles. The van der Waals surface area contributed by atoms with Crippen LogP contribution in [0.2, 0.25) is 0 Å². The predicted octanol–water partition coefficient (Wildman–Crippen LogP) is -2.24. The van der Waals surface area contributed by atoms with Gasteiger partial charge in [-0.25, -0.2) is 9.97 Å². The summed E-state index contributed by atoms with van der Waals surface area (Å²) in [7, 11) is 9.97. The number of carbonyl (C=O) groups excluding carboxylic acids is 4.